The number of carbonyl (C=O) groups excluding carboxylic acids is 3. The van der Waals surface area contributed by atoms with E-state index in [1.165, 1.54) is 18.7 Å². The normalized spacial score (nSPS) is 27.5. The van der Waals surface area contributed by atoms with Gasteiger partial charge in [0.1, 0.15) is 5.75 Å². The van der Waals surface area contributed by atoms with Gasteiger partial charge in [-0.3, -0.25) is 14.5 Å². The monoisotopic (exact) mass is 562 g/mol. The Balaban J connectivity index is 1.21. The van der Waals surface area contributed by atoms with Gasteiger partial charge in [0.15, 0.2) is 0 Å². The third-order valence-corrected chi connectivity index (χ3v) is 9.40. The minimum Gasteiger partial charge on any atom is -0.439 e. The van der Waals surface area contributed by atoms with Gasteiger partial charge in [-0.15, -0.1) is 0 Å². The van der Waals surface area contributed by atoms with E-state index in [-0.39, 0.29) is 47.3 Å². The molecule has 10 nitrogen and oxygen atoms in total. The number of thioether (sulfide) groups is 1. The number of aromatic nitrogens is 1. The third kappa shape index (κ3) is 5.27. The maximum atomic E-state index is 13.6. The van der Waals surface area contributed by atoms with E-state index in [1.807, 2.05) is 43.3 Å². The highest BCUT2D eigenvalue weighted by Gasteiger charge is 2.52. The number of rotatable bonds is 6. The molecule has 3 aliphatic heterocycles. The van der Waals surface area contributed by atoms with Crippen molar-refractivity contribution in [1.82, 2.24) is 26.3 Å². The average Bonchev–Trinajstić information content (AvgIpc) is 3.29. The molecule has 2 saturated heterocycles. The molecule has 210 valence electrons. The molecular formula is C29H34N6O4S. The van der Waals surface area contributed by atoms with Gasteiger partial charge in [0.25, 0.3) is 5.91 Å². The molecule has 40 heavy (non-hydrogen) atoms. The number of carbonyl (C=O) groups is 3. The minimum atomic E-state index is -0.255. The predicted octanol–water partition coefficient (Wildman–Crippen LogP) is 3.54. The summed E-state index contributed by atoms with van der Waals surface area (Å²) >= 11 is 1.50. The van der Waals surface area contributed by atoms with Gasteiger partial charge in [0.05, 0.1) is 28.2 Å². The Morgan fingerprint density at radius 1 is 1.12 bits per heavy atom. The predicted molar refractivity (Wildman–Crippen MR) is 153 cm³/mol. The zero-order chi connectivity index (χ0) is 27.8. The maximum Gasteiger partial charge on any atom is 0.326 e. The zero-order valence-corrected chi connectivity index (χ0v) is 23.4. The molecule has 1 saturated carbocycles. The topological polar surface area (TPSA) is 125 Å². The highest BCUT2D eigenvalue weighted by Crippen LogP contribution is 2.48. The number of pyridine rings is 1. The molecule has 4 N–H and O–H groups in total. The fourth-order valence-corrected chi connectivity index (χ4v) is 7.73. The highest BCUT2D eigenvalue weighted by molar-refractivity contribution is 8.04. The van der Waals surface area contributed by atoms with E-state index < -0.39 is 0 Å². The third-order valence-electron chi connectivity index (χ3n) is 8.05. The molecule has 6 rings (SSSR count). The number of amides is 4. The Kier molecular flexibility index (Phi) is 7.41. The minimum absolute atomic E-state index is 0.00923. The summed E-state index contributed by atoms with van der Waals surface area (Å²) in [5.41, 5.74) is 2.32. The smallest absolute Gasteiger partial charge is 0.326 e. The number of hydrogen-bond donors (Lipinski definition) is 4. The SMILES string of the molecule is CC(=O)N[C@H]1CCC[C@@H](NC(=O)C2=C3NC(=O)N(c4cnc(Oc5ccccc5)cc4C)C4CCNC(S2)C34)C1. The largest absolute Gasteiger partial charge is 0.439 e. The Morgan fingerprint density at radius 3 is 2.65 bits per heavy atom. The number of piperidine rings is 1. The van der Waals surface area contributed by atoms with Gasteiger partial charge in [-0.1, -0.05) is 30.0 Å². The molecule has 11 heteroatoms. The molecule has 0 radical (unpaired) electrons. The van der Waals surface area contributed by atoms with E-state index in [0.717, 1.165) is 43.5 Å². The van der Waals surface area contributed by atoms with Crippen LogP contribution in [0.1, 0.15) is 44.6 Å². The van der Waals surface area contributed by atoms with Crippen LogP contribution >= 0.6 is 11.8 Å². The van der Waals surface area contributed by atoms with Crippen LogP contribution in [0.5, 0.6) is 11.6 Å². The molecule has 0 bridgehead atoms. The summed E-state index contributed by atoms with van der Waals surface area (Å²) in [6.07, 6.45) is 5.91. The number of ether oxygens (including phenoxy) is 1. The fraction of sp³-hybridized carbons (Fsp3) is 0.448. The van der Waals surface area contributed by atoms with Gasteiger partial charge < -0.3 is 26.0 Å². The van der Waals surface area contributed by atoms with Crippen LogP contribution in [0.4, 0.5) is 10.5 Å². The molecular weight excluding hydrogens is 528 g/mol. The van der Waals surface area contributed by atoms with Gasteiger partial charge in [-0.05, 0) is 63.3 Å². The number of nitrogens with one attached hydrogen (secondary N) is 4. The lowest BCUT2D eigenvalue weighted by atomic mass is 9.86. The van der Waals surface area contributed by atoms with Gasteiger partial charge in [0, 0.05) is 36.7 Å². The zero-order valence-electron chi connectivity index (χ0n) is 22.6. The van der Waals surface area contributed by atoms with Crippen LogP contribution < -0.4 is 30.9 Å². The number of nitrogens with zero attached hydrogens (tertiary/aromatic N) is 2. The summed E-state index contributed by atoms with van der Waals surface area (Å²) in [5.74, 6) is 0.912. The Morgan fingerprint density at radius 2 is 1.90 bits per heavy atom. The van der Waals surface area contributed by atoms with Crippen molar-refractivity contribution in [3.8, 4) is 11.6 Å². The van der Waals surface area contributed by atoms with Crippen LogP contribution in [-0.2, 0) is 9.59 Å². The second-order valence-electron chi connectivity index (χ2n) is 10.9. The average molecular weight is 563 g/mol. The van der Waals surface area contributed by atoms with E-state index in [1.54, 1.807) is 11.1 Å². The van der Waals surface area contributed by atoms with Crippen molar-refractivity contribution in [2.75, 3.05) is 11.4 Å². The van der Waals surface area contributed by atoms with Gasteiger partial charge >= 0.3 is 6.03 Å². The quantitative estimate of drug-likeness (QED) is 0.425. The van der Waals surface area contributed by atoms with Crippen molar-refractivity contribution in [2.45, 2.75) is 69.5 Å². The van der Waals surface area contributed by atoms with Gasteiger partial charge in [0.2, 0.25) is 11.8 Å². The van der Waals surface area contributed by atoms with Crippen LogP contribution in [0, 0.1) is 12.8 Å². The number of anilines is 1. The van der Waals surface area contributed by atoms with Crippen molar-refractivity contribution < 1.29 is 19.1 Å². The molecule has 4 aliphatic rings. The van der Waals surface area contributed by atoms with Crippen LogP contribution in [0.15, 0.2) is 53.2 Å². The molecule has 1 aromatic carbocycles. The molecule has 4 amide bonds. The van der Waals surface area contributed by atoms with Gasteiger partial charge in [-0.2, -0.15) is 0 Å². The summed E-state index contributed by atoms with van der Waals surface area (Å²) in [4.78, 5) is 45.5. The number of aryl methyl sites for hydroxylation is 1. The molecule has 0 spiro atoms. The lowest BCUT2D eigenvalue weighted by Crippen LogP contribution is -2.62. The number of benzene rings is 1. The number of para-hydroxylation sites is 1. The van der Waals surface area contributed by atoms with Crippen LogP contribution in [0.25, 0.3) is 0 Å². The summed E-state index contributed by atoms with van der Waals surface area (Å²) in [6.45, 7) is 4.22. The second-order valence-corrected chi connectivity index (χ2v) is 12.0. The summed E-state index contributed by atoms with van der Waals surface area (Å²) in [5, 5.41) is 12.8. The van der Waals surface area contributed by atoms with Crippen molar-refractivity contribution >= 4 is 35.3 Å². The van der Waals surface area contributed by atoms with E-state index in [4.69, 9.17) is 4.74 Å². The molecule has 3 fully saturated rings. The van der Waals surface area contributed by atoms with E-state index in [9.17, 15) is 14.4 Å². The first-order chi connectivity index (χ1) is 19.4. The lowest BCUT2D eigenvalue weighted by Gasteiger charge is -2.46. The van der Waals surface area contributed by atoms with Crippen LogP contribution in [0.2, 0.25) is 0 Å². The Bertz CT molecular complexity index is 1350. The van der Waals surface area contributed by atoms with Gasteiger partial charge in [-0.25, -0.2) is 9.78 Å². The van der Waals surface area contributed by atoms with Crippen LogP contribution in [-0.4, -0.2) is 52.9 Å². The molecule has 2 aromatic rings. The van der Waals surface area contributed by atoms with Crippen molar-refractivity contribution in [1.29, 1.82) is 0 Å². The molecule has 4 heterocycles. The van der Waals surface area contributed by atoms with E-state index >= 15 is 0 Å². The highest BCUT2D eigenvalue weighted by atomic mass is 32.2. The summed E-state index contributed by atoms with van der Waals surface area (Å²) in [7, 11) is 0. The molecule has 3 unspecified atom stereocenters. The Hall–Kier alpha value is -3.57. The number of urea groups is 1. The standard InChI is InChI=1S/C29H34N6O4S/c1-16-13-23(39-20-9-4-3-5-10-20)31-15-22(16)35-21-11-12-30-28-24(21)25(34-29(35)38)26(40-28)27(37)33-19-8-6-7-18(14-19)32-17(2)36/h3-5,9-10,13,15,18-19,21,24,28,30H,6-8,11-12,14H2,1-2H3,(H,32,36)(H,33,37)(H,34,38)/t18-,19+,21?,24?,28?/m0/s1. The Labute approximate surface area is 237 Å². The maximum absolute atomic E-state index is 13.6. The second kappa shape index (κ2) is 11.1. The van der Waals surface area contributed by atoms with E-state index in [2.05, 4.69) is 26.3 Å². The molecule has 5 atom stereocenters. The first kappa shape index (κ1) is 26.6. The molecule has 1 aromatic heterocycles. The summed E-state index contributed by atoms with van der Waals surface area (Å²) in [6, 6.07) is 11.0. The first-order valence-corrected chi connectivity index (χ1v) is 14.8. The van der Waals surface area contributed by atoms with Crippen molar-refractivity contribution in [2.24, 2.45) is 5.92 Å². The van der Waals surface area contributed by atoms with Crippen molar-refractivity contribution in [3.05, 3.63) is 58.8 Å². The van der Waals surface area contributed by atoms with E-state index in [0.29, 0.717) is 28.7 Å². The fourth-order valence-electron chi connectivity index (χ4n) is 6.33. The summed E-state index contributed by atoms with van der Waals surface area (Å²) < 4.78 is 5.89. The lowest BCUT2D eigenvalue weighted by molar-refractivity contribution is -0.119. The van der Waals surface area contributed by atoms with Crippen molar-refractivity contribution in [3.63, 3.8) is 0 Å². The molecule has 1 aliphatic carbocycles. The number of hydrogen-bond acceptors (Lipinski definition) is 7. The van der Waals surface area contributed by atoms with Crippen LogP contribution in [0.3, 0.4) is 0 Å². The first-order valence-electron chi connectivity index (χ1n) is 13.9.